The van der Waals surface area contributed by atoms with E-state index in [9.17, 15) is 8.42 Å². The molecule has 0 spiro atoms. The summed E-state index contributed by atoms with van der Waals surface area (Å²) in [4.78, 5) is 9.02. The number of pyridine rings is 1. The summed E-state index contributed by atoms with van der Waals surface area (Å²) in [5.41, 5.74) is 1.24. The van der Waals surface area contributed by atoms with E-state index in [1.807, 2.05) is 18.2 Å². The topological polar surface area (TPSA) is 66.0 Å². The standard InChI is InChI=1S/C21H28N4O3S/c1-23(16-18-5-3-2-4-6-18)19-9-10-25(17-19)29(26,27)20-7-8-21(22-15-20)24-11-13-28-14-12-24/h2-8,15,19H,9-14,16-17H2,1H3/t19-/m0/s1. The molecule has 7 nitrogen and oxygen atoms in total. The Kier molecular flexibility index (Phi) is 6.15. The molecule has 0 N–H and O–H groups in total. The Labute approximate surface area is 172 Å². The minimum absolute atomic E-state index is 0.213. The van der Waals surface area contributed by atoms with E-state index < -0.39 is 10.0 Å². The molecular weight excluding hydrogens is 388 g/mol. The van der Waals surface area contributed by atoms with Crippen molar-refractivity contribution in [1.82, 2.24) is 14.2 Å². The van der Waals surface area contributed by atoms with Crippen LogP contribution in [0.2, 0.25) is 0 Å². The molecule has 0 saturated carbocycles. The fourth-order valence-corrected chi connectivity index (χ4v) is 5.38. The second kappa shape index (κ2) is 8.79. The van der Waals surface area contributed by atoms with E-state index in [4.69, 9.17) is 4.74 Å². The maximum atomic E-state index is 13.1. The number of morpholine rings is 1. The highest BCUT2D eigenvalue weighted by molar-refractivity contribution is 7.89. The highest BCUT2D eigenvalue weighted by Gasteiger charge is 2.34. The normalized spacial score (nSPS) is 21.0. The predicted octanol–water partition coefficient (Wildman–Crippen LogP) is 1.81. The van der Waals surface area contributed by atoms with Gasteiger partial charge >= 0.3 is 0 Å². The fraction of sp³-hybridized carbons (Fsp3) is 0.476. The number of anilines is 1. The quantitative estimate of drug-likeness (QED) is 0.716. The molecule has 0 aliphatic carbocycles. The number of nitrogens with zero attached hydrogens (tertiary/aromatic N) is 4. The molecule has 29 heavy (non-hydrogen) atoms. The summed E-state index contributed by atoms with van der Waals surface area (Å²) in [5, 5.41) is 0. The van der Waals surface area contributed by atoms with Crippen molar-refractivity contribution in [3.05, 3.63) is 54.2 Å². The largest absolute Gasteiger partial charge is 0.378 e. The van der Waals surface area contributed by atoms with Crippen molar-refractivity contribution >= 4 is 15.8 Å². The Morgan fingerprint density at radius 1 is 1.10 bits per heavy atom. The van der Waals surface area contributed by atoms with Gasteiger partial charge in [0, 0.05) is 45.0 Å². The van der Waals surface area contributed by atoms with Crippen molar-refractivity contribution in [2.75, 3.05) is 51.3 Å². The number of sulfonamides is 1. The lowest BCUT2D eigenvalue weighted by Gasteiger charge is -2.28. The number of hydrogen-bond acceptors (Lipinski definition) is 6. The number of likely N-dealkylation sites (N-methyl/N-ethyl adjacent to an activating group) is 1. The Hall–Kier alpha value is -2.00. The monoisotopic (exact) mass is 416 g/mol. The lowest BCUT2D eigenvalue weighted by atomic mass is 10.1. The lowest BCUT2D eigenvalue weighted by Crippen LogP contribution is -2.37. The van der Waals surface area contributed by atoms with Gasteiger partial charge in [-0.25, -0.2) is 13.4 Å². The first-order chi connectivity index (χ1) is 14.0. The first-order valence-corrected chi connectivity index (χ1v) is 11.5. The van der Waals surface area contributed by atoms with Crippen molar-refractivity contribution in [3.8, 4) is 0 Å². The summed E-state index contributed by atoms with van der Waals surface area (Å²) in [6.07, 6.45) is 2.32. The maximum absolute atomic E-state index is 13.1. The van der Waals surface area contributed by atoms with Gasteiger partial charge in [-0.05, 0) is 31.2 Å². The Bertz CT molecular complexity index is 899. The molecule has 2 fully saturated rings. The van der Waals surface area contributed by atoms with Crippen LogP contribution in [0.15, 0.2) is 53.6 Å². The molecule has 2 saturated heterocycles. The predicted molar refractivity (Wildman–Crippen MR) is 112 cm³/mol. The van der Waals surface area contributed by atoms with Crippen LogP contribution in [0.25, 0.3) is 0 Å². The summed E-state index contributed by atoms with van der Waals surface area (Å²) < 4.78 is 33.1. The number of hydrogen-bond donors (Lipinski definition) is 0. The smallest absolute Gasteiger partial charge is 0.244 e. The molecule has 0 bridgehead atoms. The molecule has 1 aromatic heterocycles. The van der Waals surface area contributed by atoms with Crippen LogP contribution < -0.4 is 4.90 Å². The number of aromatic nitrogens is 1. The van der Waals surface area contributed by atoms with Crippen LogP contribution in [0, 0.1) is 0 Å². The van der Waals surface area contributed by atoms with Gasteiger partial charge in [-0.1, -0.05) is 30.3 Å². The number of rotatable bonds is 6. The van der Waals surface area contributed by atoms with Gasteiger partial charge in [0.2, 0.25) is 10.0 Å². The van der Waals surface area contributed by atoms with E-state index in [0.717, 1.165) is 31.9 Å². The molecule has 2 aliphatic rings. The molecule has 3 heterocycles. The average molecular weight is 417 g/mol. The van der Waals surface area contributed by atoms with Crippen molar-refractivity contribution in [3.63, 3.8) is 0 Å². The minimum Gasteiger partial charge on any atom is -0.378 e. The summed E-state index contributed by atoms with van der Waals surface area (Å²) in [6.45, 7) is 4.77. The van der Waals surface area contributed by atoms with Crippen LogP contribution in [0.3, 0.4) is 0 Å². The van der Waals surface area contributed by atoms with Gasteiger partial charge in [0.1, 0.15) is 10.7 Å². The molecule has 0 radical (unpaired) electrons. The van der Waals surface area contributed by atoms with Crippen LogP contribution in [0.1, 0.15) is 12.0 Å². The van der Waals surface area contributed by atoms with Crippen molar-refractivity contribution in [1.29, 1.82) is 0 Å². The van der Waals surface area contributed by atoms with E-state index in [-0.39, 0.29) is 10.9 Å². The SMILES string of the molecule is CN(Cc1ccccc1)[C@H]1CCN(S(=O)(=O)c2ccc(N3CCOCC3)nc2)C1. The van der Waals surface area contributed by atoms with Gasteiger partial charge in [0.15, 0.2) is 0 Å². The molecule has 1 atom stereocenters. The highest BCUT2D eigenvalue weighted by atomic mass is 32.2. The minimum atomic E-state index is -3.52. The Balaban J connectivity index is 1.40. The highest BCUT2D eigenvalue weighted by Crippen LogP contribution is 2.25. The Morgan fingerprint density at radius 3 is 2.55 bits per heavy atom. The second-order valence-electron chi connectivity index (χ2n) is 7.66. The first-order valence-electron chi connectivity index (χ1n) is 10.1. The molecule has 1 aromatic carbocycles. The molecule has 156 valence electrons. The molecular formula is C21H28N4O3S. The van der Waals surface area contributed by atoms with Gasteiger partial charge in [-0.2, -0.15) is 4.31 Å². The molecule has 2 aliphatic heterocycles. The third kappa shape index (κ3) is 4.61. The second-order valence-corrected chi connectivity index (χ2v) is 9.60. The molecule has 0 unspecified atom stereocenters. The number of benzene rings is 1. The first kappa shape index (κ1) is 20.3. The number of ether oxygens (including phenoxy) is 1. The third-order valence-corrected chi connectivity index (χ3v) is 7.57. The van der Waals surface area contributed by atoms with Crippen LogP contribution in [-0.4, -0.2) is 75.1 Å². The van der Waals surface area contributed by atoms with E-state index in [1.165, 1.54) is 11.8 Å². The van der Waals surface area contributed by atoms with E-state index in [1.54, 1.807) is 16.4 Å². The van der Waals surface area contributed by atoms with Crippen molar-refractivity contribution in [2.45, 2.75) is 23.9 Å². The summed E-state index contributed by atoms with van der Waals surface area (Å²) in [5.74, 6) is 0.800. The lowest BCUT2D eigenvalue weighted by molar-refractivity contribution is 0.122. The summed E-state index contributed by atoms with van der Waals surface area (Å²) in [7, 11) is -1.46. The molecule has 8 heteroatoms. The fourth-order valence-electron chi connectivity index (χ4n) is 3.94. The van der Waals surface area contributed by atoms with Crippen molar-refractivity contribution in [2.24, 2.45) is 0 Å². The van der Waals surface area contributed by atoms with Crippen LogP contribution in [0.5, 0.6) is 0 Å². The van der Waals surface area contributed by atoms with E-state index in [2.05, 4.69) is 34.0 Å². The van der Waals surface area contributed by atoms with E-state index in [0.29, 0.717) is 26.3 Å². The summed E-state index contributed by atoms with van der Waals surface area (Å²) >= 11 is 0. The molecule has 4 rings (SSSR count). The van der Waals surface area contributed by atoms with E-state index >= 15 is 0 Å². The van der Waals surface area contributed by atoms with Crippen LogP contribution in [-0.2, 0) is 21.3 Å². The van der Waals surface area contributed by atoms with Gasteiger partial charge in [-0.15, -0.1) is 0 Å². The van der Waals surface area contributed by atoms with Gasteiger partial charge in [-0.3, -0.25) is 4.90 Å². The zero-order chi connectivity index (χ0) is 20.3. The van der Waals surface area contributed by atoms with Gasteiger partial charge in [0.05, 0.1) is 13.2 Å². The average Bonchev–Trinajstić information content (AvgIpc) is 3.27. The zero-order valence-electron chi connectivity index (χ0n) is 16.8. The molecule has 0 amide bonds. The third-order valence-electron chi connectivity index (χ3n) is 5.72. The van der Waals surface area contributed by atoms with Gasteiger partial charge < -0.3 is 9.64 Å². The van der Waals surface area contributed by atoms with Gasteiger partial charge in [0.25, 0.3) is 0 Å². The Morgan fingerprint density at radius 2 is 1.86 bits per heavy atom. The van der Waals surface area contributed by atoms with Crippen LogP contribution in [0.4, 0.5) is 5.82 Å². The molecule has 2 aromatic rings. The summed E-state index contributed by atoms with van der Waals surface area (Å²) in [6, 6.07) is 14.0. The zero-order valence-corrected chi connectivity index (χ0v) is 17.6. The van der Waals surface area contributed by atoms with Crippen molar-refractivity contribution < 1.29 is 13.2 Å². The van der Waals surface area contributed by atoms with Crippen LogP contribution >= 0.6 is 0 Å². The maximum Gasteiger partial charge on any atom is 0.244 e.